The van der Waals surface area contributed by atoms with Crippen LogP contribution in [0, 0.1) is 5.92 Å². The van der Waals surface area contributed by atoms with E-state index in [9.17, 15) is 8.42 Å². The van der Waals surface area contributed by atoms with Gasteiger partial charge in [0.1, 0.15) is 12.2 Å². The first kappa shape index (κ1) is 22.2. The summed E-state index contributed by atoms with van der Waals surface area (Å²) >= 11 is 0. The fourth-order valence-corrected chi connectivity index (χ4v) is 5.08. The van der Waals surface area contributed by atoms with E-state index in [-0.39, 0.29) is 0 Å². The number of nitrogens with zero attached hydrogens (tertiary/aromatic N) is 5. The Morgan fingerprint density at radius 2 is 1.93 bits per heavy atom. The van der Waals surface area contributed by atoms with Gasteiger partial charge in [0.25, 0.3) is 0 Å². The maximum atomic E-state index is 12.7. The molecule has 1 aromatic heterocycles. The van der Waals surface area contributed by atoms with Crippen molar-refractivity contribution in [1.82, 2.24) is 29.7 Å². The first-order valence-electron chi connectivity index (χ1n) is 10.4. The topological polar surface area (TPSA) is 105 Å². The van der Waals surface area contributed by atoms with Crippen molar-refractivity contribution >= 4 is 16.0 Å². The van der Waals surface area contributed by atoms with Crippen LogP contribution in [0.4, 0.5) is 0 Å². The molecule has 2 N–H and O–H groups in total. The van der Waals surface area contributed by atoms with Crippen LogP contribution in [0.5, 0.6) is 0 Å². The average molecular weight is 434 g/mol. The van der Waals surface area contributed by atoms with Gasteiger partial charge in [0.2, 0.25) is 10.0 Å². The highest BCUT2D eigenvalue weighted by Crippen LogP contribution is 2.23. The van der Waals surface area contributed by atoms with Gasteiger partial charge in [-0.2, -0.15) is 4.31 Å². The van der Waals surface area contributed by atoms with Gasteiger partial charge in [-0.05, 0) is 30.9 Å². The van der Waals surface area contributed by atoms with E-state index in [1.807, 2.05) is 10.6 Å². The third-order valence-electron chi connectivity index (χ3n) is 5.39. The summed E-state index contributed by atoms with van der Waals surface area (Å²) in [4.78, 5) is 4.64. The molecule has 0 atom stereocenters. The van der Waals surface area contributed by atoms with Crippen molar-refractivity contribution in [2.45, 2.75) is 37.6 Å². The van der Waals surface area contributed by atoms with E-state index in [0.29, 0.717) is 23.9 Å². The van der Waals surface area contributed by atoms with Gasteiger partial charge in [-0.3, -0.25) is 4.99 Å². The molecular formula is C20H31N7O2S. The number of guanidine groups is 1. The smallest absolute Gasteiger partial charge is 0.243 e. The predicted molar refractivity (Wildman–Crippen MR) is 117 cm³/mol. The molecule has 1 aliphatic rings. The Bertz CT molecular complexity index is 920. The van der Waals surface area contributed by atoms with Gasteiger partial charge in [0.05, 0.1) is 4.90 Å². The molecule has 2 aromatic rings. The molecule has 0 spiro atoms. The van der Waals surface area contributed by atoms with E-state index >= 15 is 0 Å². The van der Waals surface area contributed by atoms with E-state index in [1.54, 1.807) is 41.9 Å². The fraction of sp³-hybridized carbons (Fsp3) is 0.550. The van der Waals surface area contributed by atoms with Gasteiger partial charge < -0.3 is 15.2 Å². The van der Waals surface area contributed by atoms with E-state index in [0.717, 1.165) is 50.7 Å². The molecule has 0 bridgehead atoms. The number of piperidine rings is 1. The average Bonchev–Trinajstić information content (AvgIpc) is 3.24. The molecule has 164 valence electrons. The maximum absolute atomic E-state index is 12.7. The molecule has 0 unspecified atom stereocenters. The molecule has 1 aliphatic heterocycles. The van der Waals surface area contributed by atoms with Crippen molar-refractivity contribution in [2.24, 2.45) is 10.9 Å². The number of hydrogen-bond donors (Lipinski definition) is 2. The summed E-state index contributed by atoms with van der Waals surface area (Å²) in [6.45, 7) is 5.41. The van der Waals surface area contributed by atoms with Crippen LogP contribution in [0.3, 0.4) is 0 Å². The van der Waals surface area contributed by atoms with Crippen LogP contribution in [0.2, 0.25) is 0 Å². The van der Waals surface area contributed by atoms with Gasteiger partial charge in [-0.1, -0.05) is 25.1 Å². The molecule has 2 heterocycles. The number of benzene rings is 1. The number of aryl methyl sites for hydroxylation is 1. The highest BCUT2D eigenvalue weighted by atomic mass is 32.2. The number of aliphatic imine (C=N–C) groups is 1. The van der Waals surface area contributed by atoms with E-state index in [1.165, 1.54) is 0 Å². The molecule has 3 rings (SSSR count). The number of nitrogens with one attached hydrogen (secondary N) is 2. The normalized spacial score (nSPS) is 16.5. The minimum absolute atomic E-state index is 0.366. The summed E-state index contributed by atoms with van der Waals surface area (Å²) < 4.78 is 29.1. The van der Waals surface area contributed by atoms with Crippen LogP contribution in [-0.2, 0) is 23.0 Å². The lowest BCUT2D eigenvalue weighted by atomic mass is 9.98. The predicted octanol–water partition coefficient (Wildman–Crippen LogP) is 1.11. The largest absolute Gasteiger partial charge is 0.356 e. The quantitative estimate of drug-likeness (QED) is 0.477. The number of sulfonamides is 1. The SMILES string of the molecule is CCc1nncn1CCNC(=NC)NCC1CCN(S(=O)(=O)c2ccccc2)CC1. The third-order valence-corrected chi connectivity index (χ3v) is 7.31. The molecule has 0 aliphatic carbocycles. The Hall–Kier alpha value is -2.46. The molecule has 9 nitrogen and oxygen atoms in total. The zero-order valence-corrected chi connectivity index (χ0v) is 18.5. The summed E-state index contributed by atoms with van der Waals surface area (Å²) in [7, 11) is -1.65. The molecule has 1 aromatic carbocycles. The Kier molecular flexibility index (Phi) is 7.81. The number of hydrogen-bond acceptors (Lipinski definition) is 5. The first-order valence-corrected chi connectivity index (χ1v) is 11.8. The van der Waals surface area contributed by atoms with Gasteiger partial charge in [-0.25, -0.2) is 8.42 Å². The molecule has 0 radical (unpaired) electrons. The van der Waals surface area contributed by atoms with Crippen molar-refractivity contribution in [3.8, 4) is 0 Å². The summed E-state index contributed by atoms with van der Waals surface area (Å²) in [5.41, 5.74) is 0. The van der Waals surface area contributed by atoms with Crippen molar-refractivity contribution in [2.75, 3.05) is 33.2 Å². The molecular weight excluding hydrogens is 402 g/mol. The Morgan fingerprint density at radius 1 is 1.20 bits per heavy atom. The van der Waals surface area contributed by atoms with E-state index < -0.39 is 10.0 Å². The highest BCUT2D eigenvalue weighted by Gasteiger charge is 2.29. The lowest BCUT2D eigenvalue weighted by Gasteiger charge is -2.31. The molecule has 10 heteroatoms. The standard InChI is InChI=1S/C20H31N7O2S/c1-3-19-25-24-16-26(19)14-11-22-20(21-2)23-15-17-9-12-27(13-10-17)30(28,29)18-7-5-4-6-8-18/h4-8,16-17H,3,9-15H2,1-2H3,(H2,21,22,23). The second-order valence-electron chi connectivity index (χ2n) is 7.33. The van der Waals surface area contributed by atoms with Gasteiger partial charge in [0, 0.05) is 46.2 Å². The second-order valence-corrected chi connectivity index (χ2v) is 9.27. The lowest BCUT2D eigenvalue weighted by molar-refractivity contribution is 0.273. The monoisotopic (exact) mass is 433 g/mol. The molecule has 0 amide bonds. The maximum Gasteiger partial charge on any atom is 0.243 e. The minimum atomic E-state index is -3.40. The zero-order chi connectivity index (χ0) is 21.4. The van der Waals surface area contributed by atoms with E-state index in [4.69, 9.17) is 0 Å². The Morgan fingerprint density at radius 3 is 2.60 bits per heavy atom. The van der Waals surface area contributed by atoms with Crippen molar-refractivity contribution < 1.29 is 8.42 Å². The van der Waals surface area contributed by atoms with E-state index in [2.05, 4.69) is 32.7 Å². The zero-order valence-electron chi connectivity index (χ0n) is 17.7. The summed E-state index contributed by atoms with van der Waals surface area (Å²) in [6, 6.07) is 8.65. The summed E-state index contributed by atoms with van der Waals surface area (Å²) in [5, 5.41) is 14.7. The third kappa shape index (κ3) is 5.57. The number of aromatic nitrogens is 3. The summed E-state index contributed by atoms with van der Waals surface area (Å²) in [5.74, 6) is 2.13. The van der Waals surface area contributed by atoms with Gasteiger partial charge in [-0.15, -0.1) is 10.2 Å². The van der Waals surface area contributed by atoms with Gasteiger partial charge in [0.15, 0.2) is 5.96 Å². The summed E-state index contributed by atoms with van der Waals surface area (Å²) in [6.07, 6.45) is 4.26. The van der Waals surface area contributed by atoms with Crippen LogP contribution < -0.4 is 10.6 Å². The second kappa shape index (κ2) is 10.5. The molecule has 1 fully saturated rings. The van der Waals surface area contributed by atoms with Crippen LogP contribution >= 0.6 is 0 Å². The Balaban J connectivity index is 1.41. The van der Waals surface area contributed by atoms with Crippen molar-refractivity contribution in [1.29, 1.82) is 0 Å². The lowest BCUT2D eigenvalue weighted by Crippen LogP contribution is -2.44. The highest BCUT2D eigenvalue weighted by molar-refractivity contribution is 7.89. The van der Waals surface area contributed by atoms with Crippen molar-refractivity contribution in [3.63, 3.8) is 0 Å². The van der Waals surface area contributed by atoms with Crippen LogP contribution in [0.1, 0.15) is 25.6 Å². The van der Waals surface area contributed by atoms with Crippen LogP contribution in [-0.4, -0.2) is 66.7 Å². The molecule has 0 saturated carbocycles. The number of rotatable bonds is 8. The van der Waals surface area contributed by atoms with Gasteiger partial charge >= 0.3 is 0 Å². The minimum Gasteiger partial charge on any atom is -0.356 e. The Labute approximate surface area is 178 Å². The van der Waals surface area contributed by atoms with Crippen LogP contribution in [0.15, 0.2) is 46.5 Å². The van der Waals surface area contributed by atoms with Crippen LogP contribution in [0.25, 0.3) is 0 Å². The molecule has 30 heavy (non-hydrogen) atoms. The first-order chi connectivity index (χ1) is 14.5. The van der Waals surface area contributed by atoms with Crippen molar-refractivity contribution in [3.05, 3.63) is 42.5 Å². The molecule has 1 saturated heterocycles. The fourth-order valence-electron chi connectivity index (χ4n) is 3.59.